The highest BCUT2D eigenvalue weighted by molar-refractivity contribution is 5.85. The van der Waals surface area contributed by atoms with Crippen LogP contribution in [0.3, 0.4) is 0 Å². The third-order valence-electron chi connectivity index (χ3n) is 3.95. The summed E-state index contributed by atoms with van der Waals surface area (Å²) >= 11 is 0. The Kier molecular flexibility index (Phi) is 3.31. The lowest BCUT2D eigenvalue weighted by Crippen LogP contribution is -2.04. The van der Waals surface area contributed by atoms with Crippen molar-refractivity contribution in [2.24, 2.45) is 0 Å². The summed E-state index contributed by atoms with van der Waals surface area (Å²) < 4.78 is 15.4. The molecule has 0 aliphatic carbocycles. The van der Waals surface area contributed by atoms with Crippen LogP contribution in [-0.4, -0.2) is 4.57 Å². The Bertz CT molecular complexity index is 738. The van der Waals surface area contributed by atoms with Crippen molar-refractivity contribution in [1.29, 1.82) is 0 Å². The van der Waals surface area contributed by atoms with Crippen molar-refractivity contribution in [3.05, 3.63) is 71.2 Å². The second-order valence-electron chi connectivity index (χ2n) is 5.16. The summed E-state index contributed by atoms with van der Waals surface area (Å²) in [6.07, 6.45) is 1.00. The highest BCUT2D eigenvalue weighted by atomic mass is 19.1. The maximum atomic E-state index is 13.0. The molecule has 3 aromatic rings. The van der Waals surface area contributed by atoms with Crippen molar-refractivity contribution in [3.63, 3.8) is 0 Å². The van der Waals surface area contributed by atoms with E-state index < -0.39 is 0 Å². The van der Waals surface area contributed by atoms with E-state index >= 15 is 0 Å². The van der Waals surface area contributed by atoms with Crippen LogP contribution in [0.25, 0.3) is 10.9 Å². The molecule has 0 bridgehead atoms. The lowest BCUT2D eigenvalue weighted by atomic mass is 10.1. The molecule has 0 atom stereocenters. The summed E-state index contributed by atoms with van der Waals surface area (Å²) in [5.41, 5.74) is 5.09. The van der Waals surface area contributed by atoms with Gasteiger partial charge in [0.05, 0.1) is 0 Å². The van der Waals surface area contributed by atoms with Crippen LogP contribution in [0, 0.1) is 12.7 Å². The summed E-state index contributed by atoms with van der Waals surface area (Å²) in [6, 6.07) is 15.3. The second-order valence-corrected chi connectivity index (χ2v) is 5.16. The number of aromatic nitrogens is 1. The van der Waals surface area contributed by atoms with Crippen molar-refractivity contribution < 1.29 is 4.39 Å². The highest BCUT2D eigenvalue weighted by Gasteiger charge is 2.12. The predicted molar refractivity (Wildman–Crippen MR) is 81.6 cm³/mol. The number of benzene rings is 2. The van der Waals surface area contributed by atoms with Gasteiger partial charge in [0.2, 0.25) is 0 Å². The van der Waals surface area contributed by atoms with Gasteiger partial charge in [-0.15, -0.1) is 0 Å². The molecule has 0 radical (unpaired) electrons. The third kappa shape index (κ3) is 2.11. The number of hydrogen-bond donors (Lipinski definition) is 0. The van der Waals surface area contributed by atoms with E-state index in [4.69, 9.17) is 0 Å². The first-order valence-electron chi connectivity index (χ1n) is 7.02. The Morgan fingerprint density at radius 2 is 1.70 bits per heavy atom. The first-order valence-corrected chi connectivity index (χ1v) is 7.02. The van der Waals surface area contributed by atoms with Crippen molar-refractivity contribution in [2.75, 3.05) is 0 Å². The normalized spacial score (nSPS) is 11.2. The SMILES string of the molecule is CCc1c(C)c2ccccc2n1Cc1ccc(F)cc1. The standard InChI is InChI=1S/C18H18FN/c1-3-17-13(2)16-6-4-5-7-18(16)20(17)12-14-8-10-15(19)11-9-14/h4-11H,3,12H2,1-2H3. The number of nitrogens with zero attached hydrogens (tertiary/aromatic N) is 1. The Morgan fingerprint density at radius 1 is 1.00 bits per heavy atom. The van der Waals surface area contributed by atoms with E-state index in [-0.39, 0.29) is 5.82 Å². The molecule has 20 heavy (non-hydrogen) atoms. The topological polar surface area (TPSA) is 4.93 Å². The molecular weight excluding hydrogens is 249 g/mol. The Balaban J connectivity index is 2.12. The van der Waals surface area contributed by atoms with E-state index in [1.165, 1.54) is 34.3 Å². The van der Waals surface area contributed by atoms with Crippen LogP contribution in [0.5, 0.6) is 0 Å². The fraction of sp³-hybridized carbons (Fsp3) is 0.222. The minimum absolute atomic E-state index is 0.182. The number of aryl methyl sites for hydroxylation is 1. The molecule has 1 heterocycles. The minimum atomic E-state index is -0.182. The molecule has 0 saturated carbocycles. The van der Waals surface area contributed by atoms with Gasteiger partial charge in [0, 0.05) is 23.1 Å². The van der Waals surface area contributed by atoms with E-state index in [1.54, 1.807) is 0 Å². The van der Waals surface area contributed by atoms with Crippen LogP contribution in [0.2, 0.25) is 0 Å². The largest absolute Gasteiger partial charge is 0.340 e. The molecule has 1 aromatic heterocycles. The molecule has 0 spiro atoms. The van der Waals surface area contributed by atoms with E-state index in [1.807, 2.05) is 12.1 Å². The number of halogens is 1. The Labute approximate surface area is 118 Å². The van der Waals surface area contributed by atoms with Crippen molar-refractivity contribution in [3.8, 4) is 0 Å². The van der Waals surface area contributed by atoms with Gasteiger partial charge < -0.3 is 4.57 Å². The molecule has 0 N–H and O–H groups in total. The predicted octanol–water partition coefficient (Wildman–Crippen LogP) is 4.70. The number of hydrogen-bond acceptors (Lipinski definition) is 0. The molecular formula is C18H18FN. The second kappa shape index (κ2) is 5.12. The van der Waals surface area contributed by atoms with Crippen LogP contribution >= 0.6 is 0 Å². The van der Waals surface area contributed by atoms with E-state index in [0.717, 1.165) is 18.5 Å². The van der Waals surface area contributed by atoms with Crippen molar-refractivity contribution >= 4 is 10.9 Å². The zero-order valence-corrected chi connectivity index (χ0v) is 11.9. The van der Waals surface area contributed by atoms with Gasteiger partial charge in [0.15, 0.2) is 0 Å². The third-order valence-corrected chi connectivity index (χ3v) is 3.95. The van der Waals surface area contributed by atoms with Gasteiger partial charge in [-0.2, -0.15) is 0 Å². The van der Waals surface area contributed by atoms with Crippen LogP contribution in [-0.2, 0) is 13.0 Å². The number of rotatable bonds is 3. The molecule has 0 fully saturated rings. The molecule has 0 unspecified atom stereocenters. The maximum Gasteiger partial charge on any atom is 0.123 e. The Hall–Kier alpha value is -2.09. The van der Waals surface area contributed by atoms with E-state index in [2.05, 4.69) is 42.7 Å². The van der Waals surface area contributed by atoms with Crippen molar-refractivity contribution in [1.82, 2.24) is 4.57 Å². The van der Waals surface area contributed by atoms with Gasteiger partial charge in [-0.25, -0.2) is 4.39 Å². The summed E-state index contributed by atoms with van der Waals surface area (Å²) in [5, 5.41) is 1.31. The van der Waals surface area contributed by atoms with Gasteiger partial charge in [-0.05, 0) is 42.7 Å². The molecule has 2 heteroatoms. The van der Waals surface area contributed by atoms with Gasteiger partial charge in [-0.1, -0.05) is 37.3 Å². The van der Waals surface area contributed by atoms with Crippen LogP contribution in [0.4, 0.5) is 4.39 Å². The Morgan fingerprint density at radius 3 is 2.40 bits per heavy atom. The fourth-order valence-corrected chi connectivity index (χ4v) is 2.94. The molecule has 1 nitrogen and oxygen atoms in total. The maximum absolute atomic E-state index is 13.0. The summed E-state index contributed by atoms with van der Waals surface area (Å²) in [4.78, 5) is 0. The lowest BCUT2D eigenvalue weighted by molar-refractivity contribution is 0.626. The molecule has 3 rings (SSSR count). The van der Waals surface area contributed by atoms with Crippen LogP contribution in [0.1, 0.15) is 23.7 Å². The zero-order chi connectivity index (χ0) is 14.1. The van der Waals surface area contributed by atoms with Gasteiger partial charge in [0.25, 0.3) is 0 Å². The minimum Gasteiger partial charge on any atom is -0.340 e. The van der Waals surface area contributed by atoms with E-state index in [0.29, 0.717) is 0 Å². The van der Waals surface area contributed by atoms with E-state index in [9.17, 15) is 4.39 Å². The first kappa shape index (κ1) is 12.9. The summed E-state index contributed by atoms with van der Waals surface area (Å²) in [6.45, 7) is 5.16. The molecule has 0 aliphatic heterocycles. The summed E-state index contributed by atoms with van der Waals surface area (Å²) in [5.74, 6) is -0.182. The van der Waals surface area contributed by atoms with Gasteiger partial charge >= 0.3 is 0 Å². The average molecular weight is 267 g/mol. The quantitative estimate of drug-likeness (QED) is 0.648. The van der Waals surface area contributed by atoms with Gasteiger partial charge in [-0.3, -0.25) is 0 Å². The smallest absolute Gasteiger partial charge is 0.123 e. The lowest BCUT2D eigenvalue weighted by Gasteiger charge is -2.10. The van der Waals surface area contributed by atoms with Crippen molar-refractivity contribution in [2.45, 2.75) is 26.8 Å². The molecule has 0 aliphatic rings. The molecule has 0 saturated heterocycles. The highest BCUT2D eigenvalue weighted by Crippen LogP contribution is 2.26. The monoisotopic (exact) mass is 267 g/mol. The fourth-order valence-electron chi connectivity index (χ4n) is 2.94. The van der Waals surface area contributed by atoms with Crippen LogP contribution < -0.4 is 0 Å². The number of para-hydroxylation sites is 1. The molecule has 0 amide bonds. The van der Waals surface area contributed by atoms with Gasteiger partial charge in [0.1, 0.15) is 5.82 Å². The molecule has 102 valence electrons. The average Bonchev–Trinajstić information content (AvgIpc) is 2.74. The summed E-state index contributed by atoms with van der Waals surface area (Å²) in [7, 11) is 0. The molecule has 2 aromatic carbocycles. The number of fused-ring (bicyclic) bond motifs is 1. The van der Waals surface area contributed by atoms with Crippen LogP contribution in [0.15, 0.2) is 48.5 Å². The first-order chi connectivity index (χ1) is 9.70. The zero-order valence-electron chi connectivity index (χ0n) is 11.9.